The molecule has 0 aliphatic carbocycles. The second-order valence-corrected chi connectivity index (χ2v) is 4.28. The molecular formula is C16H19NO3. The quantitative estimate of drug-likeness (QED) is 0.846. The van der Waals surface area contributed by atoms with Gasteiger partial charge in [0.2, 0.25) is 0 Å². The smallest absolute Gasteiger partial charge is 0.142 e. The van der Waals surface area contributed by atoms with Crippen molar-refractivity contribution in [3.05, 3.63) is 48.0 Å². The Bertz CT molecular complexity index is 569. The van der Waals surface area contributed by atoms with Gasteiger partial charge in [0, 0.05) is 18.2 Å². The van der Waals surface area contributed by atoms with Crippen LogP contribution in [0.3, 0.4) is 0 Å². The maximum Gasteiger partial charge on any atom is 0.142 e. The summed E-state index contributed by atoms with van der Waals surface area (Å²) >= 11 is 0. The summed E-state index contributed by atoms with van der Waals surface area (Å²) in [7, 11) is 1.57. The van der Waals surface area contributed by atoms with Crippen molar-refractivity contribution in [1.29, 1.82) is 0 Å². The molecule has 2 aromatic carbocycles. The molecule has 0 saturated heterocycles. The average molecular weight is 273 g/mol. The monoisotopic (exact) mass is 273 g/mol. The van der Waals surface area contributed by atoms with Crippen LogP contribution in [0, 0.1) is 0 Å². The summed E-state index contributed by atoms with van der Waals surface area (Å²) in [6.45, 7) is 3.08. The highest BCUT2D eigenvalue weighted by molar-refractivity contribution is 5.57. The van der Waals surface area contributed by atoms with Crippen molar-refractivity contribution >= 4 is 5.69 Å². The van der Waals surface area contributed by atoms with E-state index < -0.39 is 0 Å². The topological polar surface area (TPSA) is 50.7 Å². The van der Waals surface area contributed by atoms with Crippen molar-refractivity contribution in [3.8, 4) is 17.2 Å². The minimum absolute atomic E-state index is 0.214. The van der Waals surface area contributed by atoms with Gasteiger partial charge in [0.15, 0.2) is 0 Å². The number of para-hydroxylation sites is 2. The van der Waals surface area contributed by atoms with Gasteiger partial charge >= 0.3 is 0 Å². The molecule has 2 aromatic rings. The minimum atomic E-state index is 0.214. The predicted molar refractivity (Wildman–Crippen MR) is 79.6 cm³/mol. The molecule has 0 aliphatic heterocycles. The third-order valence-electron chi connectivity index (χ3n) is 2.95. The number of nitrogens with one attached hydrogen (secondary N) is 1. The van der Waals surface area contributed by atoms with E-state index in [4.69, 9.17) is 9.47 Å². The van der Waals surface area contributed by atoms with Crippen molar-refractivity contribution in [2.45, 2.75) is 13.5 Å². The van der Waals surface area contributed by atoms with Crippen LogP contribution in [0.15, 0.2) is 42.5 Å². The van der Waals surface area contributed by atoms with E-state index in [2.05, 4.69) is 5.32 Å². The molecule has 0 unspecified atom stereocenters. The summed E-state index contributed by atoms with van der Waals surface area (Å²) in [6, 6.07) is 13.0. The molecule has 0 bridgehead atoms. The van der Waals surface area contributed by atoms with Gasteiger partial charge in [0.1, 0.15) is 17.2 Å². The summed E-state index contributed by atoms with van der Waals surface area (Å²) in [5.74, 6) is 1.66. The lowest BCUT2D eigenvalue weighted by Gasteiger charge is -2.13. The summed E-state index contributed by atoms with van der Waals surface area (Å²) < 4.78 is 10.6. The molecule has 4 nitrogen and oxygen atoms in total. The van der Waals surface area contributed by atoms with Gasteiger partial charge in [-0.15, -0.1) is 0 Å². The molecule has 2 rings (SSSR count). The van der Waals surface area contributed by atoms with Crippen LogP contribution in [0.1, 0.15) is 12.5 Å². The first-order valence-electron chi connectivity index (χ1n) is 6.56. The minimum Gasteiger partial charge on any atom is -0.507 e. The predicted octanol–water partition coefficient (Wildman–Crippen LogP) is 3.41. The van der Waals surface area contributed by atoms with Crippen LogP contribution in [0.25, 0.3) is 0 Å². The number of methoxy groups -OCH3 is 1. The summed E-state index contributed by atoms with van der Waals surface area (Å²) in [5, 5.41) is 13.2. The van der Waals surface area contributed by atoms with Gasteiger partial charge in [-0.1, -0.05) is 12.1 Å². The highest BCUT2D eigenvalue weighted by Crippen LogP contribution is 2.27. The van der Waals surface area contributed by atoms with E-state index in [0.29, 0.717) is 18.9 Å². The van der Waals surface area contributed by atoms with E-state index in [9.17, 15) is 5.11 Å². The van der Waals surface area contributed by atoms with Crippen LogP contribution in [-0.2, 0) is 6.54 Å². The van der Waals surface area contributed by atoms with E-state index in [1.54, 1.807) is 13.2 Å². The Morgan fingerprint density at radius 2 is 1.95 bits per heavy atom. The first-order chi connectivity index (χ1) is 9.74. The molecule has 0 aromatic heterocycles. The van der Waals surface area contributed by atoms with Gasteiger partial charge in [0.05, 0.1) is 19.4 Å². The van der Waals surface area contributed by atoms with Crippen LogP contribution in [0.5, 0.6) is 17.2 Å². The Morgan fingerprint density at radius 3 is 2.65 bits per heavy atom. The molecule has 20 heavy (non-hydrogen) atoms. The number of hydrogen-bond donors (Lipinski definition) is 2. The number of aromatic hydroxyl groups is 1. The number of benzene rings is 2. The van der Waals surface area contributed by atoms with Crippen LogP contribution in [0.2, 0.25) is 0 Å². The molecule has 0 radical (unpaired) electrons. The highest BCUT2D eigenvalue weighted by atomic mass is 16.5. The van der Waals surface area contributed by atoms with Gasteiger partial charge in [-0.25, -0.2) is 0 Å². The van der Waals surface area contributed by atoms with E-state index in [1.165, 1.54) is 0 Å². The fraction of sp³-hybridized carbons (Fsp3) is 0.250. The Hall–Kier alpha value is -2.36. The van der Waals surface area contributed by atoms with Crippen molar-refractivity contribution in [2.75, 3.05) is 19.0 Å². The van der Waals surface area contributed by atoms with E-state index in [0.717, 1.165) is 17.0 Å². The second-order valence-electron chi connectivity index (χ2n) is 4.28. The van der Waals surface area contributed by atoms with Gasteiger partial charge in [-0.05, 0) is 31.2 Å². The fourth-order valence-corrected chi connectivity index (χ4v) is 1.90. The maximum absolute atomic E-state index is 9.92. The first kappa shape index (κ1) is 14.1. The zero-order valence-electron chi connectivity index (χ0n) is 11.7. The van der Waals surface area contributed by atoms with Crippen LogP contribution in [0.4, 0.5) is 5.69 Å². The largest absolute Gasteiger partial charge is 0.507 e. The van der Waals surface area contributed by atoms with Gasteiger partial charge in [0.25, 0.3) is 0 Å². The van der Waals surface area contributed by atoms with Crippen molar-refractivity contribution in [1.82, 2.24) is 0 Å². The lowest BCUT2D eigenvalue weighted by molar-refractivity contribution is 0.341. The zero-order valence-corrected chi connectivity index (χ0v) is 11.7. The van der Waals surface area contributed by atoms with Crippen LogP contribution >= 0.6 is 0 Å². The SMILES string of the molecule is CCOc1ccccc1NCc1ccc(OC)cc1O. The molecule has 106 valence electrons. The second kappa shape index (κ2) is 6.70. The maximum atomic E-state index is 9.92. The Kier molecular flexibility index (Phi) is 4.71. The fourth-order valence-electron chi connectivity index (χ4n) is 1.90. The Balaban J connectivity index is 2.09. The van der Waals surface area contributed by atoms with Crippen molar-refractivity contribution < 1.29 is 14.6 Å². The normalized spacial score (nSPS) is 10.1. The molecule has 0 heterocycles. The zero-order chi connectivity index (χ0) is 14.4. The Labute approximate surface area is 119 Å². The number of hydrogen-bond acceptors (Lipinski definition) is 4. The number of phenols is 1. The molecule has 4 heteroatoms. The Morgan fingerprint density at radius 1 is 1.15 bits per heavy atom. The summed E-state index contributed by atoms with van der Waals surface area (Å²) in [4.78, 5) is 0. The summed E-state index contributed by atoms with van der Waals surface area (Å²) in [5.41, 5.74) is 1.71. The molecule has 0 atom stereocenters. The van der Waals surface area contributed by atoms with E-state index in [1.807, 2.05) is 43.3 Å². The standard InChI is InChI=1S/C16H19NO3/c1-3-20-16-7-5-4-6-14(16)17-11-12-8-9-13(19-2)10-15(12)18/h4-10,17-18H,3,11H2,1-2H3. The van der Waals surface area contributed by atoms with Crippen molar-refractivity contribution in [3.63, 3.8) is 0 Å². The summed E-state index contributed by atoms with van der Waals surface area (Å²) in [6.07, 6.45) is 0. The van der Waals surface area contributed by atoms with Gasteiger partial charge in [-0.2, -0.15) is 0 Å². The number of phenolic OH excluding ortho intramolecular Hbond substituents is 1. The molecular weight excluding hydrogens is 254 g/mol. The molecule has 0 fully saturated rings. The molecule has 0 amide bonds. The number of anilines is 1. The van der Waals surface area contributed by atoms with Gasteiger partial charge in [-0.3, -0.25) is 0 Å². The third kappa shape index (κ3) is 3.35. The highest BCUT2D eigenvalue weighted by Gasteiger charge is 2.05. The lowest BCUT2D eigenvalue weighted by Crippen LogP contribution is -2.03. The molecule has 0 spiro atoms. The van der Waals surface area contributed by atoms with E-state index in [-0.39, 0.29) is 5.75 Å². The first-order valence-corrected chi connectivity index (χ1v) is 6.56. The average Bonchev–Trinajstić information content (AvgIpc) is 2.47. The lowest BCUT2D eigenvalue weighted by atomic mass is 10.2. The number of rotatable bonds is 6. The molecule has 0 saturated carbocycles. The van der Waals surface area contributed by atoms with Crippen molar-refractivity contribution in [2.24, 2.45) is 0 Å². The van der Waals surface area contributed by atoms with Crippen LogP contribution in [-0.4, -0.2) is 18.8 Å². The van der Waals surface area contributed by atoms with E-state index >= 15 is 0 Å². The van der Waals surface area contributed by atoms with Crippen LogP contribution < -0.4 is 14.8 Å². The van der Waals surface area contributed by atoms with Gasteiger partial charge < -0.3 is 19.9 Å². The number of ether oxygens (including phenoxy) is 2. The third-order valence-corrected chi connectivity index (χ3v) is 2.95. The molecule has 0 aliphatic rings. The molecule has 2 N–H and O–H groups in total.